The Bertz CT molecular complexity index is 1160. The quantitative estimate of drug-likeness (QED) is 0.673. The topological polar surface area (TPSA) is 89.2 Å². The van der Waals surface area contributed by atoms with Crippen molar-refractivity contribution < 1.29 is 40.3 Å². The lowest BCUT2D eigenvalue weighted by molar-refractivity contribution is -0.212. The maximum absolute atomic E-state index is 14.0. The highest BCUT2D eigenvalue weighted by Gasteiger charge is 2.52. The molecule has 6 nitrogen and oxygen atoms in total. The first-order valence-electron chi connectivity index (χ1n) is 8.96. The number of carbonyl (C=O) groups is 1. The summed E-state index contributed by atoms with van der Waals surface area (Å²) in [7, 11) is 0. The smallest absolute Gasteiger partial charge is 0.335 e. The number of ether oxygens (including phenoxy) is 1. The maximum Gasteiger partial charge on any atom is 0.433 e. The van der Waals surface area contributed by atoms with Crippen molar-refractivity contribution >= 4 is 17.3 Å². The predicted octanol–water partition coefficient (Wildman–Crippen LogP) is 4.32. The van der Waals surface area contributed by atoms with E-state index in [0.717, 1.165) is 24.3 Å². The fourth-order valence-corrected chi connectivity index (χ4v) is 3.13. The highest BCUT2D eigenvalue weighted by atomic mass is 19.4. The van der Waals surface area contributed by atoms with Gasteiger partial charge in [-0.2, -0.15) is 36.9 Å². The Morgan fingerprint density at radius 2 is 1.76 bits per heavy atom. The van der Waals surface area contributed by atoms with Crippen LogP contribution in [0.3, 0.4) is 0 Å². The van der Waals surface area contributed by atoms with Gasteiger partial charge in [0.05, 0.1) is 41.1 Å². The zero-order valence-electron chi connectivity index (χ0n) is 16.1. The van der Waals surface area contributed by atoms with E-state index in [4.69, 9.17) is 15.3 Å². The minimum absolute atomic E-state index is 0.0628. The third-order valence-corrected chi connectivity index (χ3v) is 4.63. The van der Waals surface area contributed by atoms with Gasteiger partial charge in [-0.15, -0.1) is 0 Å². The average molecular weight is 472 g/mol. The summed E-state index contributed by atoms with van der Waals surface area (Å²) in [6.07, 6.45) is -14.7. The van der Waals surface area contributed by atoms with Crippen LogP contribution in [0, 0.1) is 28.5 Å². The SMILES string of the molecule is N#Cc1ccc(NC(=O)C2CN(c3ccc(C#N)c(C(F)(F)F)c3)C(C(F)(F)F)O2)c(F)c1. The summed E-state index contributed by atoms with van der Waals surface area (Å²) in [6.45, 7) is -0.808. The normalized spacial score (nSPS) is 18.5. The first-order chi connectivity index (χ1) is 15.3. The van der Waals surface area contributed by atoms with Crippen LogP contribution in [0.5, 0.6) is 0 Å². The average Bonchev–Trinajstić information content (AvgIpc) is 3.20. The van der Waals surface area contributed by atoms with Crippen LogP contribution in [0.15, 0.2) is 36.4 Å². The van der Waals surface area contributed by atoms with Crippen molar-refractivity contribution in [3.05, 3.63) is 58.9 Å². The van der Waals surface area contributed by atoms with Gasteiger partial charge in [0, 0.05) is 5.69 Å². The molecule has 1 saturated heterocycles. The van der Waals surface area contributed by atoms with Gasteiger partial charge in [0.15, 0.2) is 6.10 Å². The number of rotatable bonds is 3. The Labute approximate surface area is 181 Å². The number of nitrogens with one attached hydrogen (secondary N) is 1. The number of nitriles is 2. The van der Waals surface area contributed by atoms with Gasteiger partial charge >= 0.3 is 12.4 Å². The summed E-state index contributed by atoms with van der Waals surface area (Å²) < 4.78 is 99.0. The molecule has 0 aromatic heterocycles. The molecule has 0 aliphatic carbocycles. The first-order valence-corrected chi connectivity index (χ1v) is 8.96. The van der Waals surface area contributed by atoms with Crippen LogP contribution >= 0.6 is 0 Å². The number of halogens is 7. The zero-order valence-corrected chi connectivity index (χ0v) is 16.1. The molecular formula is C20H11F7N4O2. The van der Waals surface area contributed by atoms with Gasteiger partial charge in [-0.1, -0.05) is 0 Å². The van der Waals surface area contributed by atoms with E-state index in [9.17, 15) is 35.5 Å². The zero-order chi connectivity index (χ0) is 24.6. The lowest BCUT2D eigenvalue weighted by Crippen LogP contribution is -2.42. The molecule has 3 rings (SSSR count). The molecule has 0 radical (unpaired) electrons. The van der Waals surface area contributed by atoms with Crippen LogP contribution in [0.4, 0.5) is 42.1 Å². The van der Waals surface area contributed by atoms with Crippen LogP contribution in [-0.4, -0.2) is 31.0 Å². The summed E-state index contributed by atoms with van der Waals surface area (Å²) in [5.74, 6) is -2.20. The Kier molecular flexibility index (Phi) is 6.20. The standard InChI is InChI=1S/C20H11F7N4O2/c21-14-5-10(7-28)1-4-15(14)30-17(32)16-9-31(18(33-16)20(25,26)27)12-3-2-11(8-29)13(6-12)19(22,23)24/h1-6,16,18H,9H2,(H,30,32). The fraction of sp³-hybridized carbons (Fsp3) is 0.250. The van der Waals surface area contributed by atoms with Gasteiger partial charge in [-0.25, -0.2) is 4.39 Å². The summed E-state index contributed by atoms with van der Waals surface area (Å²) in [6, 6.07) is 7.91. The highest BCUT2D eigenvalue weighted by Crippen LogP contribution is 2.39. The Morgan fingerprint density at radius 3 is 2.30 bits per heavy atom. The third kappa shape index (κ3) is 4.99. The van der Waals surface area contributed by atoms with Crippen molar-refractivity contribution in [2.75, 3.05) is 16.8 Å². The van der Waals surface area contributed by atoms with E-state index in [-0.39, 0.29) is 5.56 Å². The molecule has 1 fully saturated rings. The fourth-order valence-electron chi connectivity index (χ4n) is 3.13. The molecule has 2 aromatic rings. The summed E-state index contributed by atoms with van der Waals surface area (Å²) in [5, 5.41) is 19.6. The van der Waals surface area contributed by atoms with Crippen molar-refractivity contribution in [2.24, 2.45) is 0 Å². The van der Waals surface area contributed by atoms with Crippen molar-refractivity contribution in [1.82, 2.24) is 0 Å². The molecule has 13 heteroatoms. The monoisotopic (exact) mass is 472 g/mol. The molecule has 0 spiro atoms. The van der Waals surface area contributed by atoms with Gasteiger partial charge < -0.3 is 15.0 Å². The van der Waals surface area contributed by atoms with Crippen molar-refractivity contribution in [1.29, 1.82) is 10.5 Å². The number of benzene rings is 2. The van der Waals surface area contributed by atoms with Crippen LogP contribution in [0.25, 0.3) is 0 Å². The third-order valence-electron chi connectivity index (χ3n) is 4.63. The first kappa shape index (κ1) is 23.8. The minimum Gasteiger partial charge on any atom is -0.335 e. The van der Waals surface area contributed by atoms with Gasteiger partial charge in [-0.3, -0.25) is 4.79 Å². The van der Waals surface area contributed by atoms with Crippen molar-refractivity contribution in [3.63, 3.8) is 0 Å². The number of nitrogens with zero attached hydrogens (tertiary/aromatic N) is 3. The minimum atomic E-state index is -5.10. The number of alkyl halides is 6. The molecule has 172 valence electrons. The second-order valence-corrected chi connectivity index (χ2v) is 6.81. The number of hydrogen-bond donors (Lipinski definition) is 1. The van der Waals surface area contributed by atoms with Crippen LogP contribution < -0.4 is 10.2 Å². The molecular weight excluding hydrogens is 461 g/mol. The van der Waals surface area contributed by atoms with E-state index in [1.54, 1.807) is 6.07 Å². The predicted molar refractivity (Wildman–Crippen MR) is 98.0 cm³/mol. The summed E-state index contributed by atoms with van der Waals surface area (Å²) >= 11 is 0. The largest absolute Gasteiger partial charge is 0.433 e. The molecule has 1 N–H and O–H groups in total. The second kappa shape index (κ2) is 8.60. The lowest BCUT2D eigenvalue weighted by Gasteiger charge is -2.27. The number of hydrogen-bond acceptors (Lipinski definition) is 5. The van der Waals surface area contributed by atoms with Crippen LogP contribution in [0.2, 0.25) is 0 Å². The van der Waals surface area contributed by atoms with E-state index in [0.29, 0.717) is 17.0 Å². The van der Waals surface area contributed by atoms with E-state index in [2.05, 4.69) is 0 Å². The molecule has 1 amide bonds. The second-order valence-electron chi connectivity index (χ2n) is 6.81. The molecule has 1 aliphatic heterocycles. The number of anilines is 2. The van der Waals surface area contributed by atoms with Crippen molar-refractivity contribution in [3.8, 4) is 12.1 Å². The molecule has 0 saturated carbocycles. The Morgan fingerprint density at radius 1 is 1.06 bits per heavy atom. The van der Waals surface area contributed by atoms with E-state index >= 15 is 0 Å². The molecule has 1 aliphatic rings. The van der Waals surface area contributed by atoms with E-state index in [1.165, 1.54) is 6.07 Å². The highest BCUT2D eigenvalue weighted by molar-refractivity contribution is 5.95. The molecule has 2 unspecified atom stereocenters. The van der Waals surface area contributed by atoms with Gasteiger partial charge in [0.2, 0.25) is 6.23 Å². The summed E-state index contributed by atoms with van der Waals surface area (Å²) in [4.78, 5) is 12.8. The molecule has 33 heavy (non-hydrogen) atoms. The van der Waals surface area contributed by atoms with Crippen LogP contribution in [-0.2, 0) is 15.7 Å². The summed E-state index contributed by atoms with van der Waals surface area (Å²) in [5.41, 5.74) is -3.31. The Hall–Kier alpha value is -3.84. The molecule has 2 aromatic carbocycles. The molecule has 2 atom stereocenters. The number of amides is 1. The lowest BCUT2D eigenvalue weighted by atomic mass is 10.1. The van der Waals surface area contributed by atoms with Crippen LogP contribution in [0.1, 0.15) is 16.7 Å². The van der Waals surface area contributed by atoms with E-state index in [1.807, 2.05) is 5.32 Å². The molecule has 0 bridgehead atoms. The van der Waals surface area contributed by atoms with Crippen molar-refractivity contribution in [2.45, 2.75) is 24.7 Å². The Balaban J connectivity index is 1.91. The number of carbonyl (C=O) groups excluding carboxylic acids is 1. The maximum atomic E-state index is 14.0. The van der Waals surface area contributed by atoms with Gasteiger partial charge in [0.1, 0.15) is 5.82 Å². The molecule has 1 heterocycles. The van der Waals surface area contributed by atoms with Gasteiger partial charge in [0.25, 0.3) is 5.91 Å². The van der Waals surface area contributed by atoms with E-state index < -0.39 is 65.5 Å². The van der Waals surface area contributed by atoms with Gasteiger partial charge in [-0.05, 0) is 36.4 Å².